The molecule has 0 saturated heterocycles. The van der Waals surface area contributed by atoms with Crippen molar-refractivity contribution >= 4 is 31.4 Å². The van der Waals surface area contributed by atoms with E-state index in [1.54, 1.807) is 0 Å². The van der Waals surface area contributed by atoms with E-state index in [0.29, 0.717) is 12.1 Å². The number of carbonyl (C=O) groups is 1. The van der Waals surface area contributed by atoms with E-state index < -0.39 is 41.9 Å². The molecule has 0 bridgehead atoms. The van der Waals surface area contributed by atoms with Crippen molar-refractivity contribution in [3.63, 3.8) is 0 Å². The molecule has 0 atom stereocenters. The molecule has 0 unspecified atom stereocenters. The van der Waals surface area contributed by atoms with Crippen LogP contribution in [-0.4, -0.2) is 39.6 Å². The number of carbonyl (C=O) groups excluding carboxylic acids is 1. The van der Waals surface area contributed by atoms with Gasteiger partial charge < -0.3 is 9.47 Å². The van der Waals surface area contributed by atoms with Crippen LogP contribution in [0.5, 0.6) is 0 Å². The number of halogens is 2. The zero-order valence-corrected chi connectivity index (χ0v) is 12.1. The van der Waals surface area contributed by atoms with Gasteiger partial charge in [-0.25, -0.2) is 17.6 Å². The predicted molar refractivity (Wildman–Crippen MR) is 68.3 cm³/mol. The fraction of sp³-hybridized carbons (Fsp3) is 0.300. The molecular weight excluding hydrogens is 333 g/mol. The molecule has 0 fully saturated rings. The van der Waals surface area contributed by atoms with Gasteiger partial charge in [0, 0.05) is 29.9 Å². The van der Waals surface area contributed by atoms with Crippen molar-refractivity contribution in [3.05, 3.63) is 33.6 Å². The summed E-state index contributed by atoms with van der Waals surface area (Å²) in [6, 6.07) is 0.986. The predicted octanol–water partition coefficient (Wildman–Crippen LogP) is 1.46. The summed E-state index contributed by atoms with van der Waals surface area (Å²) < 4.78 is 45.5. The molecule has 1 rings (SSSR count). The number of benzene rings is 1. The molecular formula is C10H9ClFNO7S. The lowest BCUT2D eigenvalue weighted by molar-refractivity contribution is -0.385. The molecule has 0 aromatic heterocycles. The molecule has 11 heteroatoms. The van der Waals surface area contributed by atoms with E-state index in [2.05, 4.69) is 9.47 Å². The summed E-state index contributed by atoms with van der Waals surface area (Å²) in [6.07, 6.45) is 0. The van der Waals surface area contributed by atoms with Crippen molar-refractivity contribution in [1.29, 1.82) is 0 Å². The van der Waals surface area contributed by atoms with Gasteiger partial charge in [0.2, 0.25) is 0 Å². The first-order chi connectivity index (χ1) is 9.68. The van der Waals surface area contributed by atoms with Crippen molar-refractivity contribution in [2.75, 3.05) is 20.3 Å². The Morgan fingerprint density at radius 1 is 1.43 bits per heavy atom. The van der Waals surface area contributed by atoms with Crippen LogP contribution in [0.25, 0.3) is 0 Å². The van der Waals surface area contributed by atoms with Crippen LogP contribution >= 0.6 is 10.7 Å². The lowest BCUT2D eigenvalue weighted by atomic mass is 10.2. The molecule has 0 amide bonds. The number of methoxy groups -OCH3 is 1. The lowest BCUT2D eigenvalue weighted by Gasteiger charge is -2.07. The Morgan fingerprint density at radius 3 is 2.52 bits per heavy atom. The highest BCUT2D eigenvalue weighted by atomic mass is 35.7. The van der Waals surface area contributed by atoms with Crippen molar-refractivity contribution in [2.24, 2.45) is 0 Å². The van der Waals surface area contributed by atoms with Crippen LogP contribution in [0.1, 0.15) is 10.4 Å². The Morgan fingerprint density at radius 2 is 2.05 bits per heavy atom. The molecule has 8 nitrogen and oxygen atoms in total. The molecule has 0 aliphatic carbocycles. The number of hydrogen-bond acceptors (Lipinski definition) is 7. The minimum absolute atomic E-state index is 0.0168. The van der Waals surface area contributed by atoms with Crippen LogP contribution in [0, 0.1) is 15.9 Å². The fourth-order valence-corrected chi connectivity index (χ4v) is 2.23. The first-order valence-electron chi connectivity index (χ1n) is 5.27. The normalized spacial score (nSPS) is 11.2. The van der Waals surface area contributed by atoms with Gasteiger partial charge in [0.05, 0.1) is 11.5 Å². The van der Waals surface area contributed by atoms with Gasteiger partial charge in [-0.05, 0) is 0 Å². The monoisotopic (exact) mass is 341 g/mol. The molecule has 0 spiro atoms. The molecule has 0 heterocycles. The largest absolute Gasteiger partial charge is 0.460 e. The Bertz CT molecular complexity index is 676. The maximum absolute atomic E-state index is 14.0. The first kappa shape index (κ1) is 17.3. The van der Waals surface area contributed by atoms with Crippen molar-refractivity contribution in [3.8, 4) is 0 Å². The van der Waals surface area contributed by atoms with Gasteiger partial charge in [-0.15, -0.1) is 0 Å². The standard InChI is InChI=1S/C10H9ClFNO7S/c1-19-2-3-20-10(14)7-4-6(13(15)16)5-8(9(7)12)21(11,17)18/h4-5H,2-3H2,1H3. The van der Waals surface area contributed by atoms with Gasteiger partial charge in [-0.3, -0.25) is 10.1 Å². The Kier molecular flexibility index (Phi) is 5.58. The lowest BCUT2D eigenvalue weighted by Crippen LogP contribution is -2.13. The van der Waals surface area contributed by atoms with Crippen LogP contribution in [0.3, 0.4) is 0 Å². The number of ether oxygens (including phenoxy) is 2. The van der Waals surface area contributed by atoms with E-state index in [1.165, 1.54) is 7.11 Å². The molecule has 0 saturated carbocycles. The SMILES string of the molecule is COCCOC(=O)c1cc([N+](=O)[O-])cc(S(=O)(=O)Cl)c1F. The number of nitrogens with zero attached hydrogens (tertiary/aromatic N) is 1. The van der Waals surface area contributed by atoms with Gasteiger partial charge in [-0.2, -0.15) is 0 Å². The minimum Gasteiger partial charge on any atom is -0.460 e. The van der Waals surface area contributed by atoms with Gasteiger partial charge in [0.25, 0.3) is 14.7 Å². The van der Waals surface area contributed by atoms with Crippen LogP contribution in [0.2, 0.25) is 0 Å². The second kappa shape index (κ2) is 6.78. The molecule has 21 heavy (non-hydrogen) atoms. The third kappa shape index (κ3) is 4.34. The number of nitro groups is 1. The number of rotatable bonds is 6. The van der Waals surface area contributed by atoms with E-state index in [9.17, 15) is 27.7 Å². The quantitative estimate of drug-likeness (QED) is 0.253. The maximum Gasteiger partial charge on any atom is 0.341 e. The smallest absolute Gasteiger partial charge is 0.341 e. The van der Waals surface area contributed by atoms with Crippen molar-refractivity contribution in [1.82, 2.24) is 0 Å². The minimum atomic E-state index is -4.61. The average Bonchev–Trinajstić information content (AvgIpc) is 2.37. The van der Waals surface area contributed by atoms with E-state index in [4.69, 9.17) is 10.7 Å². The summed E-state index contributed by atoms with van der Waals surface area (Å²) in [4.78, 5) is 20.2. The van der Waals surface area contributed by atoms with Gasteiger partial charge >= 0.3 is 5.97 Å². The third-order valence-electron chi connectivity index (χ3n) is 2.24. The second-order valence-electron chi connectivity index (χ2n) is 3.63. The van der Waals surface area contributed by atoms with E-state index in [0.717, 1.165) is 0 Å². The summed E-state index contributed by atoms with van der Waals surface area (Å²) in [5.41, 5.74) is -1.71. The van der Waals surface area contributed by atoms with Crippen molar-refractivity contribution in [2.45, 2.75) is 4.90 Å². The van der Waals surface area contributed by atoms with E-state index in [1.807, 2.05) is 0 Å². The molecule has 116 valence electrons. The molecule has 0 radical (unpaired) electrons. The number of esters is 1. The summed E-state index contributed by atoms with van der Waals surface area (Å²) in [7, 11) is 1.70. The molecule has 0 N–H and O–H groups in total. The van der Waals surface area contributed by atoms with Crippen LogP contribution in [0.15, 0.2) is 17.0 Å². The first-order valence-corrected chi connectivity index (χ1v) is 7.58. The molecule has 1 aromatic rings. The number of nitro benzene ring substituents is 1. The summed E-state index contributed by atoms with van der Waals surface area (Å²) in [6.45, 7) is -0.219. The highest BCUT2D eigenvalue weighted by Crippen LogP contribution is 2.27. The Labute approximate surface area is 123 Å². The molecule has 0 aliphatic heterocycles. The Hall–Kier alpha value is -1.78. The van der Waals surface area contributed by atoms with Crippen LogP contribution < -0.4 is 0 Å². The molecule has 0 aliphatic rings. The summed E-state index contributed by atoms with van der Waals surface area (Å²) >= 11 is 0. The molecule has 1 aromatic carbocycles. The second-order valence-corrected chi connectivity index (χ2v) is 6.16. The topological polar surface area (TPSA) is 113 Å². The van der Waals surface area contributed by atoms with Crippen LogP contribution in [0.4, 0.5) is 10.1 Å². The fourth-order valence-electron chi connectivity index (χ4n) is 1.31. The van der Waals surface area contributed by atoms with Gasteiger partial charge in [-0.1, -0.05) is 0 Å². The zero-order chi connectivity index (χ0) is 16.2. The van der Waals surface area contributed by atoms with Crippen LogP contribution in [-0.2, 0) is 18.5 Å². The maximum atomic E-state index is 14.0. The number of hydrogen-bond donors (Lipinski definition) is 0. The van der Waals surface area contributed by atoms with E-state index >= 15 is 0 Å². The highest BCUT2D eigenvalue weighted by molar-refractivity contribution is 8.13. The van der Waals surface area contributed by atoms with Gasteiger partial charge in [0.1, 0.15) is 17.1 Å². The number of non-ortho nitro benzene ring substituents is 1. The van der Waals surface area contributed by atoms with Gasteiger partial charge in [0.15, 0.2) is 5.82 Å². The van der Waals surface area contributed by atoms with E-state index in [-0.39, 0.29) is 13.2 Å². The average molecular weight is 342 g/mol. The summed E-state index contributed by atoms with van der Waals surface area (Å²) in [5, 5.41) is 10.7. The van der Waals surface area contributed by atoms with Crippen molar-refractivity contribution < 1.29 is 32.0 Å². The Balaban J connectivity index is 3.34. The summed E-state index contributed by atoms with van der Waals surface area (Å²) in [5.74, 6) is -2.78. The third-order valence-corrected chi connectivity index (χ3v) is 3.56. The zero-order valence-electron chi connectivity index (χ0n) is 10.5. The highest BCUT2D eigenvalue weighted by Gasteiger charge is 2.28.